The summed E-state index contributed by atoms with van der Waals surface area (Å²) in [6.45, 7) is 4.19. The molecule has 0 radical (unpaired) electrons. The van der Waals surface area contributed by atoms with Gasteiger partial charge < -0.3 is 5.32 Å². The van der Waals surface area contributed by atoms with Crippen LogP contribution >= 0.6 is 15.9 Å². The predicted molar refractivity (Wildman–Crippen MR) is 79.6 cm³/mol. The van der Waals surface area contributed by atoms with Crippen LogP contribution in [-0.4, -0.2) is 38.4 Å². The van der Waals surface area contributed by atoms with Gasteiger partial charge >= 0.3 is 0 Å². The molecule has 0 saturated carbocycles. The lowest BCUT2D eigenvalue weighted by atomic mass is 10.1. The molecule has 1 aliphatic rings. The highest BCUT2D eigenvalue weighted by Gasteiger charge is 2.30. The van der Waals surface area contributed by atoms with E-state index in [4.69, 9.17) is 0 Å². The van der Waals surface area contributed by atoms with Gasteiger partial charge in [-0.3, -0.25) is 0 Å². The van der Waals surface area contributed by atoms with E-state index in [9.17, 15) is 8.42 Å². The van der Waals surface area contributed by atoms with Gasteiger partial charge in [0.15, 0.2) is 0 Å². The Morgan fingerprint density at radius 3 is 2.37 bits per heavy atom. The first-order valence-corrected chi connectivity index (χ1v) is 8.77. The van der Waals surface area contributed by atoms with Crippen LogP contribution in [0.3, 0.4) is 0 Å². The summed E-state index contributed by atoms with van der Waals surface area (Å²) < 4.78 is 27.8. The summed E-state index contributed by atoms with van der Waals surface area (Å²) >= 11 is 3.33. The summed E-state index contributed by atoms with van der Waals surface area (Å²) in [6.07, 6.45) is 1.76. The van der Waals surface area contributed by atoms with Gasteiger partial charge in [0.25, 0.3) is 0 Å². The number of piperidine rings is 1. The molecule has 1 aromatic rings. The number of rotatable bonds is 4. The highest BCUT2D eigenvalue weighted by Crippen LogP contribution is 2.23. The van der Waals surface area contributed by atoms with E-state index in [0.29, 0.717) is 11.4 Å². The molecule has 1 aliphatic heterocycles. The monoisotopic (exact) mass is 346 g/mol. The minimum absolute atomic E-state index is 0.111. The van der Waals surface area contributed by atoms with Gasteiger partial charge in [0.2, 0.25) is 10.0 Å². The Labute approximate surface area is 123 Å². The van der Waals surface area contributed by atoms with Crippen LogP contribution in [0.4, 0.5) is 0 Å². The lowest BCUT2D eigenvalue weighted by Crippen LogP contribution is -2.45. The molecule has 106 valence electrons. The van der Waals surface area contributed by atoms with Gasteiger partial charge in [0.1, 0.15) is 0 Å². The summed E-state index contributed by atoms with van der Waals surface area (Å²) in [5.41, 5.74) is 0. The van der Waals surface area contributed by atoms with Crippen molar-refractivity contribution in [2.45, 2.75) is 30.7 Å². The second-order valence-electron chi connectivity index (χ2n) is 4.64. The number of hydrogen-bond acceptors (Lipinski definition) is 3. The normalized spacial score (nSPS) is 17.8. The largest absolute Gasteiger partial charge is 0.317 e. The third-order valence-electron chi connectivity index (χ3n) is 3.45. The molecule has 0 amide bonds. The lowest BCUT2D eigenvalue weighted by molar-refractivity contribution is 0.271. The van der Waals surface area contributed by atoms with Crippen LogP contribution in [0.25, 0.3) is 0 Å². The first-order chi connectivity index (χ1) is 9.05. The highest BCUT2D eigenvalue weighted by molar-refractivity contribution is 9.10. The molecular weight excluding hydrogens is 328 g/mol. The molecule has 4 nitrogen and oxygen atoms in total. The zero-order valence-corrected chi connectivity index (χ0v) is 13.4. The van der Waals surface area contributed by atoms with Crippen LogP contribution in [0, 0.1) is 0 Å². The Bertz CT molecular complexity index is 510. The fourth-order valence-electron chi connectivity index (χ4n) is 2.46. The van der Waals surface area contributed by atoms with Crippen molar-refractivity contribution in [3.05, 3.63) is 28.7 Å². The molecule has 2 rings (SSSR count). The molecule has 0 bridgehead atoms. The molecule has 1 saturated heterocycles. The van der Waals surface area contributed by atoms with Crippen molar-refractivity contribution in [2.24, 2.45) is 0 Å². The second-order valence-corrected chi connectivity index (χ2v) is 7.45. The topological polar surface area (TPSA) is 49.4 Å². The maximum Gasteiger partial charge on any atom is 0.243 e. The Morgan fingerprint density at radius 1 is 1.26 bits per heavy atom. The quantitative estimate of drug-likeness (QED) is 0.909. The SMILES string of the molecule is CCN(C1CCNCC1)S(=O)(=O)c1ccc(Br)cc1. The van der Waals surface area contributed by atoms with Gasteiger partial charge in [-0.2, -0.15) is 4.31 Å². The van der Waals surface area contributed by atoms with Crippen molar-refractivity contribution >= 4 is 26.0 Å². The molecule has 0 atom stereocenters. The summed E-state index contributed by atoms with van der Waals surface area (Å²) in [4.78, 5) is 0.371. The summed E-state index contributed by atoms with van der Waals surface area (Å²) in [5, 5.41) is 3.26. The third kappa shape index (κ3) is 3.37. The van der Waals surface area contributed by atoms with E-state index in [0.717, 1.165) is 30.4 Å². The molecule has 19 heavy (non-hydrogen) atoms. The average molecular weight is 347 g/mol. The smallest absolute Gasteiger partial charge is 0.243 e. The summed E-state index contributed by atoms with van der Waals surface area (Å²) in [6, 6.07) is 6.96. The maximum atomic E-state index is 12.7. The van der Waals surface area contributed by atoms with E-state index < -0.39 is 10.0 Å². The van der Waals surface area contributed by atoms with E-state index in [1.807, 2.05) is 6.92 Å². The van der Waals surface area contributed by atoms with Crippen LogP contribution in [0.2, 0.25) is 0 Å². The first-order valence-electron chi connectivity index (χ1n) is 6.54. The highest BCUT2D eigenvalue weighted by atomic mass is 79.9. The van der Waals surface area contributed by atoms with Crippen molar-refractivity contribution in [3.63, 3.8) is 0 Å². The summed E-state index contributed by atoms with van der Waals surface area (Å²) in [7, 11) is -3.38. The van der Waals surface area contributed by atoms with Crippen LogP contribution in [-0.2, 0) is 10.0 Å². The average Bonchev–Trinajstić information content (AvgIpc) is 2.41. The Hall–Kier alpha value is -0.430. The van der Waals surface area contributed by atoms with E-state index in [-0.39, 0.29) is 6.04 Å². The van der Waals surface area contributed by atoms with Crippen LogP contribution < -0.4 is 5.32 Å². The Kier molecular flexibility index (Phi) is 5.00. The van der Waals surface area contributed by atoms with E-state index in [1.54, 1.807) is 28.6 Å². The minimum atomic E-state index is -3.38. The van der Waals surface area contributed by atoms with Crippen molar-refractivity contribution in [1.82, 2.24) is 9.62 Å². The molecule has 0 aliphatic carbocycles. The van der Waals surface area contributed by atoms with Gasteiger partial charge in [0, 0.05) is 17.1 Å². The van der Waals surface area contributed by atoms with Crippen LogP contribution in [0.5, 0.6) is 0 Å². The van der Waals surface area contributed by atoms with Gasteiger partial charge in [-0.25, -0.2) is 8.42 Å². The predicted octanol–water partition coefficient (Wildman–Crippen LogP) is 2.21. The van der Waals surface area contributed by atoms with Gasteiger partial charge in [-0.05, 0) is 50.2 Å². The molecule has 0 unspecified atom stereocenters. The molecule has 0 spiro atoms. The number of hydrogen-bond donors (Lipinski definition) is 1. The lowest BCUT2D eigenvalue weighted by Gasteiger charge is -2.32. The van der Waals surface area contributed by atoms with Crippen molar-refractivity contribution in [1.29, 1.82) is 0 Å². The standard InChI is InChI=1S/C13H19BrN2O2S/c1-2-16(12-7-9-15-10-8-12)19(17,18)13-5-3-11(14)4-6-13/h3-6,12,15H,2,7-10H2,1H3. The molecule has 0 aromatic heterocycles. The van der Waals surface area contributed by atoms with Crippen molar-refractivity contribution < 1.29 is 8.42 Å². The fourth-order valence-corrected chi connectivity index (χ4v) is 4.42. The minimum Gasteiger partial charge on any atom is -0.317 e. The number of nitrogens with one attached hydrogen (secondary N) is 1. The van der Waals surface area contributed by atoms with E-state index in [2.05, 4.69) is 21.2 Å². The Morgan fingerprint density at radius 2 is 1.84 bits per heavy atom. The van der Waals surface area contributed by atoms with E-state index >= 15 is 0 Å². The molecule has 1 fully saturated rings. The zero-order chi connectivity index (χ0) is 13.9. The van der Waals surface area contributed by atoms with Gasteiger partial charge in [-0.15, -0.1) is 0 Å². The first kappa shape index (κ1) is 15.0. The number of sulfonamides is 1. The number of benzene rings is 1. The van der Waals surface area contributed by atoms with Crippen molar-refractivity contribution in [3.8, 4) is 0 Å². The molecule has 6 heteroatoms. The molecule has 1 N–H and O–H groups in total. The third-order valence-corrected chi connectivity index (χ3v) is 6.02. The molecule has 1 aromatic carbocycles. The second kappa shape index (κ2) is 6.35. The zero-order valence-electron chi connectivity index (χ0n) is 11.0. The summed E-state index contributed by atoms with van der Waals surface area (Å²) in [5.74, 6) is 0. The van der Waals surface area contributed by atoms with Crippen molar-refractivity contribution in [2.75, 3.05) is 19.6 Å². The number of halogens is 1. The maximum absolute atomic E-state index is 12.7. The van der Waals surface area contributed by atoms with Crippen LogP contribution in [0.1, 0.15) is 19.8 Å². The van der Waals surface area contributed by atoms with Gasteiger partial charge in [0.05, 0.1) is 4.90 Å². The van der Waals surface area contributed by atoms with Crippen LogP contribution in [0.15, 0.2) is 33.6 Å². The number of nitrogens with zero attached hydrogens (tertiary/aromatic N) is 1. The Balaban J connectivity index is 2.27. The van der Waals surface area contributed by atoms with Gasteiger partial charge in [-0.1, -0.05) is 22.9 Å². The molecule has 1 heterocycles. The molecular formula is C13H19BrN2O2S. The van der Waals surface area contributed by atoms with E-state index in [1.165, 1.54) is 0 Å². The fraction of sp³-hybridized carbons (Fsp3) is 0.538.